The zero-order chi connectivity index (χ0) is 24.4. The van der Waals surface area contributed by atoms with Crippen LogP contribution in [0.1, 0.15) is 63.0 Å². The molecule has 0 spiro atoms. The van der Waals surface area contributed by atoms with Gasteiger partial charge in [0.15, 0.2) is 11.9 Å². The van der Waals surface area contributed by atoms with Crippen molar-refractivity contribution in [2.24, 2.45) is 0 Å². The van der Waals surface area contributed by atoms with Crippen molar-refractivity contribution in [2.45, 2.75) is 32.9 Å². The lowest BCUT2D eigenvalue weighted by Crippen LogP contribution is -2.46. The zero-order valence-corrected chi connectivity index (χ0v) is 17.8. The van der Waals surface area contributed by atoms with E-state index in [1.807, 2.05) is 5.32 Å². The Kier molecular flexibility index (Phi) is 6.33. The molecule has 170 valence electrons. The van der Waals surface area contributed by atoms with Crippen LogP contribution in [0.5, 0.6) is 0 Å². The van der Waals surface area contributed by atoms with Crippen LogP contribution in [0.3, 0.4) is 0 Å². The fourth-order valence-corrected chi connectivity index (χ4v) is 3.31. The van der Waals surface area contributed by atoms with Crippen molar-refractivity contribution in [3.8, 4) is 0 Å². The van der Waals surface area contributed by atoms with Crippen molar-refractivity contribution in [2.75, 3.05) is 0 Å². The van der Waals surface area contributed by atoms with Gasteiger partial charge in [-0.3, -0.25) is 29.8 Å². The fourth-order valence-electron chi connectivity index (χ4n) is 3.31. The second-order valence-electron chi connectivity index (χ2n) is 7.51. The molecule has 2 aromatic rings. The van der Waals surface area contributed by atoms with Crippen LogP contribution in [0.25, 0.3) is 0 Å². The Morgan fingerprint density at radius 3 is 2.12 bits per heavy atom. The standard InChI is InChI=1S/C22H19N3O8/c1-10(2)23-22(30)24-20(28)11(3)33-21(29)15-9-8-14-16(17(15)25(31)32)19(27)13-7-5-4-6-12(13)18(14)26/h4-11H,1-3H3,(H2,23,24,28,30). The highest BCUT2D eigenvalue weighted by Gasteiger charge is 2.39. The van der Waals surface area contributed by atoms with Gasteiger partial charge in [-0.05, 0) is 32.9 Å². The average molecular weight is 453 g/mol. The van der Waals surface area contributed by atoms with E-state index in [2.05, 4.69) is 5.32 Å². The molecule has 0 saturated heterocycles. The molecule has 0 fully saturated rings. The minimum Gasteiger partial charge on any atom is -0.449 e. The summed E-state index contributed by atoms with van der Waals surface area (Å²) in [6, 6.07) is 6.94. The lowest BCUT2D eigenvalue weighted by Gasteiger charge is -2.19. The third kappa shape index (κ3) is 4.47. The summed E-state index contributed by atoms with van der Waals surface area (Å²) in [6.07, 6.45) is -1.48. The number of amides is 3. The largest absolute Gasteiger partial charge is 0.449 e. The molecule has 1 atom stereocenters. The predicted molar refractivity (Wildman–Crippen MR) is 113 cm³/mol. The molecule has 0 saturated carbocycles. The maximum Gasteiger partial charge on any atom is 0.345 e. The van der Waals surface area contributed by atoms with Gasteiger partial charge in [0, 0.05) is 22.7 Å². The summed E-state index contributed by atoms with van der Waals surface area (Å²) in [5.74, 6) is -3.59. The first-order valence-corrected chi connectivity index (χ1v) is 9.85. The molecule has 0 radical (unpaired) electrons. The molecule has 0 heterocycles. The van der Waals surface area contributed by atoms with E-state index in [-0.39, 0.29) is 22.7 Å². The van der Waals surface area contributed by atoms with Crippen LogP contribution in [-0.2, 0) is 9.53 Å². The number of fused-ring (bicyclic) bond motifs is 2. The molecule has 1 aliphatic carbocycles. The maximum absolute atomic E-state index is 13.0. The highest BCUT2D eigenvalue weighted by atomic mass is 16.6. The van der Waals surface area contributed by atoms with Crippen molar-refractivity contribution in [1.29, 1.82) is 0 Å². The summed E-state index contributed by atoms with van der Waals surface area (Å²) in [5, 5.41) is 16.2. The van der Waals surface area contributed by atoms with Crippen molar-refractivity contribution in [3.05, 3.63) is 74.3 Å². The topological polar surface area (TPSA) is 162 Å². The number of nitro benzene ring substituents is 1. The first-order chi connectivity index (χ1) is 15.5. The molecule has 0 bridgehead atoms. The number of nitro groups is 1. The summed E-state index contributed by atoms with van der Waals surface area (Å²) >= 11 is 0. The Morgan fingerprint density at radius 2 is 1.55 bits per heavy atom. The van der Waals surface area contributed by atoms with E-state index in [0.717, 1.165) is 12.1 Å². The highest BCUT2D eigenvalue weighted by molar-refractivity contribution is 6.30. The number of nitrogens with one attached hydrogen (secondary N) is 2. The van der Waals surface area contributed by atoms with Crippen LogP contribution >= 0.6 is 0 Å². The van der Waals surface area contributed by atoms with E-state index in [1.165, 1.54) is 25.1 Å². The molecule has 11 nitrogen and oxygen atoms in total. The van der Waals surface area contributed by atoms with E-state index in [4.69, 9.17) is 4.74 Å². The molecule has 1 unspecified atom stereocenters. The summed E-state index contributed by atoms with van der Waals surface area (Å²) in [7, 11) is 0. The first kappa shape index (κ1) is 23.3. The molecule has 33 heavy (non-hydrogen) atoms. The smallest absolute Gasteiger partial charge is 0.345 e. The summed E-state index contributed by atoms with van der Waals surface area (Å²) in [6.45, 7) is 4.52. The number of ether oxygens (including phenoxy) is 1. The van der Waals surface area contributed by atoms with Crippen molar-refractivity contribution < 1.29 is 33.6 Å². The van der Waals surface area contributed by atoms with Gasteiger partial charge in [-0.2, -0.15) is 0 Å². The van der Waals surface area contributed by atoms with Gasteiger partial charge in [0.05, 0.1) is 4.92 Å². The number of nitrogens with zero attached hydrogens (tertiary/aromatic N) is 1. The summed E-state index contributed by atoms with van der Waals surface area (Å²) in [5.41, 5.74) is -2.15. The Labute approximate surface area is 187 Å². The van der Waals surface area contributed by atoms with Crippen LogP contribution in [0.15, 0.2) is 36.4 Å². The monoisotopic (exact) mass is 453 g/mol. The number of imide groups is 1. The fraction of sp³-hybridized carbons (Fsp3) is 0.227. The van der Waals surface area contributed by atoms with Crippen LogP contribution in [-0.4, -0.2) is 46.5 Å². The number of hydrogen-bond acceptors (Lipinski definition) is 8. The van der Waals surface area contributed by atoms with Gasteiger partial charge in [-0.1, -0.05) is 24.3 Å². The molecular weight excluding hydrogens is 434 g/mol. The number of carbonyl (C=O) groups is 5. The van der Waals surface area contributed by atoms with Gasteiger partial charge in [0.1, 0.15) is 11.1 Å². The van der Waals surface area contributed by atoms with E-state index < -0.39 is 57.3 Å². The minimum atomic E-state index is -1.48. The molecule has 1 aliphatic rings. The number of benzene rings is 2. The number of hydrogen-bond donors (Lipinski definition) is 2. The second-order valence-corrected chi connectivity index (χ2v) is 7.51. The number of urea groups is 1. The van der Waals surface area contributed by atoms with Gasteiger partial charge >= 0.3 is 12.0 Å². The third-order valence-electron chi connectivity index (χ3n) is 4.78. The zero-order valence-electron chi connectivity index (χ0n) is 17.8. The molecule has 0 aromatic heterocycles. The SMILES string of the molecule is CC(C)NC(=O)NC(=O)C(C)OC(=O)c1ccc2c(c1[N+](=O)[O-])C(=O)c1ccccc1C2=O. The number of ketones is 2. The van der Waals surface area contributed by atoms with Crippen LogP contribution in [0, 0.1) is 10.1 Å². The molecule has 3 rings (SSSR count). The highest BCUT2D eigenvalue weighted by Crippen LogP contribution is 2.35. The Hall–Kier alpha value is -4.41. The quantitative estimate of drug-likeness (QED) is 0.337. The Morgan fingerprint density at radius 1 is 0.939 bits per heavy atom. The number of esters is 1. The number of carbonyl (C=O) groups excluding carboxylic acids is 5. The molecule has 2 aromatic carbocycles. The Balaban J connectivity index is 1.93. The molecule has 3 amide bonds. The van der Waals surface area contributed by atoms with Crippen LogP contribution < -0.4 is 10.6 Å². The third-order valence-corrected chi connectivity index (χ3v) is 4.78. The molecule has 0 aliphatic heterocycles. The number of rotatable bonds is 5. The Bertz CT molecular complexity index is 1220. The van der Waals surface area contributed by atoms with Crippen molar-refractivity contribution in [3.63, 3.8) is 0 Å². The average Bonchev–Trinajstić information content (AvgIpc) is 2.75. The van der Waals surface area contributed by atoms with Gasteiger partial charge in [-0.25, -0.2) is 9.59 Å². The summed E-state index contributed by atoms with van der Waals surface area (Å²) in [4.78, 5) is 73.1. The first-order valence-electron chi connectivity index (χ1n) is 9.85. The van der Waals surface area contributed by atoms with Gasteiger partial charge in [-0.15, -0.1) is 0 Å². The van der Waals surface area contributed by atoms with E-state index in [9.17, 15) is 34.1 Å². The predicted octanol–water partition coefficient (Wildman–Crippen LogP) is 2.15. The molecule has 2 N–H and O–H groups in total. The van der Waals surface area contributed by atoms with Crippen LogP contribution in [0.2, 0.25) is 0 Å². The van der Waals surface area contributed by atoms with Crippen LogP contribution in [0.4, 0.5) is 10.5 Å². The van der Waals surface area contributed by atoms with Gasteiger partial charge in [0.2, 0.25) is 5.78 Å². The molecular formula is C22H19N3O8. The lowest BCUT2D eigenvalue weighted by molar-refractivity contribution is -0.385. The van der Waals surface area contributed by atoms with Crippen molar-refractivity contribution in [1.82, 2.24) is 10.6 Å². The second kappa shape index (κ2) is 8.99. The summed E-state index contributed by atoms with van der Waals surface area (Å²) < 4.78 is 4.99. The van der Waals surface area contributed by atoms with Gasteiger partial charge < -0.3 is 10.1 Å². The van der Waals surface area contributed by atoms with Gasteiger partial charge in [0.25, 0.3) is 11.6 Å². The van der Waals surface area contributed by atoms with E-state index in [1.54, 1.807) is 19.9 Å². The lowest BCUT2D eigenvalue weighted by atomic mass is 9.82. The maximum atomic E-state index is 13.0. The minimum absolute atomic E-state index is 0.0208. The normalized spacial score (nSPS) is 13.0. The van der Waals surface area contributed by atoms with E-state index >= 15 is 0 Å². The van der Waals surface area contributed by atoms with Crippen molar-refractivity contribution >= 4 is 35.2 Å². The molecule has 11 heteroatoms. The van der Waals surface area contributed by atoms with E-state index in [0.29, 0.717) is 0 Å².